The molecule has 0 saturated heterocycles. The lowest BCUT2D eigenvalue weighted by atomic mass is 9.80. The normalized spacial score (nSPS) is 20.6. The van der Waals surface area contributed by atoms with Crippen molar-refractivity contribution in [1.29, 1.82) is 0 Å². The van der Waals surface area contributed by atoms with Gasteiger partial charge >= 0.3 is 6.09 Å². The van der Waals surface area contributed by atoms with Crippen LogP contribution in [0.15, 0.2) is 36.4 Å². The van der Waals surface area contributed by atoms with Crippen LogP contribution in [0.4, 0.5) is 4.79 Å². The maximum absolute atomic E-state index is 11.7. The van der Waals surface area contributed by atoms with Crippen molar-refractivity contribution in [2.45, 2.75) is 57.5 Å². The third-order valence-electron chi connectivity index (χ3n) is 6.42. The van der Waals surface area contributed by atoms with Gasteiger partial charge < -0.3 is 5.11 Å². The zero-order chi connectivity index (χ0) is 21.5. The first-order valence-corrected chi connectivity index (χ1v) is 11.0. The molecule has 1 fully saturated rings. The van der Waals surface area contributed by atoms with Gasteiger partial charge in [-0.1, -0.05) is 17.7 Å². The van der Waals surface area contributed by atoms with E-state index in [0.29, 0.717) is 16.8 Å². The lowest BCUT2D eigenvalue weighted by Gasteiger charge is -2.28. The Kier molecular flexibility index (Phi) is 5.14. The molecule has 5 rings (SSSR count). The van der Waals surface area contributed by atoms with Crippen LogP contribution in [-0.2, 0) is 13.1 Å². The Balaban J connectivity index is 1.46. The summed E-state index contributed by atoms with van der Waals surface area (Å²) in [6, 6.07) is 11.9. The van der Waals surface area contributed by atoms with E-state index in [9.17, 15) is 9.90 Å². The molecule has 0 radical (unpaired) electrons. The Hall–Kier alpha value is -2.93. The number of carboxylic acid groups (broad SMARTS) is 1. The Morgan fingerprint density at radius 3 is 2.58 bits per heavy atom. The molecule has 1 aliphatic heterocycles. The first-order valence-electron chi connectivity index (χ1n) is 10.6. The Bertz CT molecular complexity index is 1140. The molecule has 1 aliphatic carbocycles. The fourth-order valence-corrected chi connectivity index (χ4v) is 5.06. The molecular weight excluding hydrogens is 414 g/mol. The first kappa shape index (κ1) is 20.0. The number of carbonyl (C=O) groups is 1. The van der Waals surface area contributed by atoms with Crippen LogP contribution >= 0.6 is 11.6 Å². The first-order chi connectivity index (χ1) is 15.0. The summed E-state index contributed by atoms with van der Waals surface area (Å²) in [4.78, 5) is 17.8. The van der Waals surface area contributed by atoms with Crippen LogP contribution in [0.2, 0.25) is 5.02 Å². The van der Waals surface area contributed by atoms with Crippen molar-refractivity contribution in [2.24, 2.45) is 0 Å². The highest BCUT2D eigenvalue weighted by Crippen LogP contribution is 2.41. The van der Waals surface area contributed by atoms with Crippen molar-refractivity contribution in [1.82, 2.24) is 24.6 Å². The molecule has 2 aromatic heterocycles. The molecule has 160 valence electrons. The molecule has 0 unspecified atom stereocenters. The zero-order valence-electron chi connectivity index (χ0n) is 17.3. The second kappa shape index (κ2) is 7.96. The maximum Gasteiger partial charge on any atom is 0.408 e. The number of benzene rings is 1. The average Bonchev–Trinajstić information content (AvgIpc) is 3.09. The van der Waals surface area contributed by atoms with Gasteiger partial charge in [0.1, 0.15) is 5.82 Å². The number of amides is 1. The van der Waals surface area contributed by atoms with Gasteiger partial charge in [0.2, 0.25) is 0 Å². The molecule has 3 aromatic rings. The summed E-state index contributed by atoms with van der Waals surface area (Å²) in [7, 11) is 0. The molecule has 1 aromatic carbocycles. The SMILES string of the molecule is Cc1cccc(C2CCC(c3nnc4n3-c3ccc(Cl)cc3CN(C(=O)O)C4)CC2)n1. The van der Waals surface area contributed by atoms with Gasteiger partial charge in [-0.15, -0.1) is 10.2 Å². The van der Waals surface area contributed by atoms with Crippen molar-refractivity contribution >= 4 is 17.7 Å². The van der Waals surface area contributed by atoms with Gasteiger partial charge in [0.15, 0.2) is 5.82 Å². The van der Waals surface area contributed by atoms with Gasteiger partial charge in [-0.2, -0.15) is 0 Å². The molecule has 7 nitrogen and oxygen atoms in total. The van der Waals surface area contributed by atoms with Gasteiger partial charge in [0.25, 0.3) is 0 Å². The molecule has 8 heteroatoms. The average molecular weight is 438 g/mol. The van der Waals surface area contributed by atoms with Crippen molar-refractivity contribution in [3.63, 3.8) is 0 Å². The van der Waals surface area contributed by atoms with Gasteiger partial charge in [-0.3, -0.25) is 14.5 Å². The van der Waals surface area contributed by atoms with E-state index < -0.39 is 6.09 Å². The van der Waals surface area contributed by atoms with Crippen LogP contribution in [0.3, 0.4) is 0 Å². The van der Waals surface area contributed by atoms with E-state index in [1.807, 2.05) is 31.2 Å². The van der Waals surface area contributed by atoms with Gasteiger partial charge in [-0.25, -0.2) is 4.79 Å². The van der Waals surface area contributed by atoms with E-state index in [1.54, 1.807) is 0 Å². The number of fused-ring (bicyclic) bond motifs is 3. The minimum absolute atomic E-state index is 0.206. The van der Waals surface area contributed by atoms with E-state index >= 15 is 0 Å². The molecule has 31 heavy (non-hydrogen) atoms. The maximum atomic E-state index is 11.7. The second-order valence-electron chi connectivity index (χ2n) is 8.47. The predicted octanol–water partition coefficient (Wildman–Crippen LogP) is 5.06. The number of aromatic nitrogens is 4. The highest BCUT2D eigenvalue weighted by atomic mass is 35.5. The highest BCUT2D eigenvalue weighted by molar-refractivity contribution is 6.30. The Morgan fingerprint density at radius 2 is 1.84 bits per heavy atom. The standard InChI is InChI=1S/C23H24ClN5O2/c1-14-3-2-4-19(25-14)15-5-7-16(8-6-15)22-27-26-21-13-28(23(30)31)12-17-11-18(24)9-10-20(17)29(21)22/h2-4,9-11,15-16H,5-8,12-13H2,1H3,(H,30,31). The van der Waals surface area contributed by atoms with Crippen molar-refractivity contribution in [3.8, 4) is 5.69 Å². The summed E-state index contributed by atoms with van der Waals surface area (Å²) < 4.78 is 2.06. The molecule has 3 heterocycles. The molecule has 0 atom stereocenters. The van der Waals surface area contributed by atoms with Crippen LogP contribution in [0.25, 0.3) is 5.69 Å². The molecule has 1 saturated carbocycles. The second-order valence-corrected chi connectivity index (χ2v) is 8.91. The summed E-state index contributed by atoms with van der Waals surface area (Å²) >= 11 is 6.22. The topological polar surface area (TPSA) is 84.1 Å². The van der Waals surface area contributed by atoms with Crippen molar-refractivity contribution in [2.75, 3.05) is 0 Å². The van der Waals surface area contributed by atoms with Crippen molar-refractivity contribution in [3.05, 3.63) is 70.0 Å². The minimum Gasteiger partial charge on any atom is -0.465 e. The lowest BCUT2D eigenvalue weighted by molar-refractivity contribution is 0.139. The van der Waals surface area contributed by atoms with E-state index in [1.165, 1.54) is 10.6 Å². The Morgan fingerprint density at radius 1 is 1.06 bits per heavy atom. The van der Waals surface area contributed by atoms with E-state index in [4.69, 9.17) is 16.6 Å². The van der Waals surface area contributed by atoms with Crippen LogP contribution < -0.4 is 0 Å². The monoisotopic (exact) mass is 437 g/mol. The number of hydrogen-bond donors (Lipinski definition) is 1. The van der Waals surface area contributed by atoms with Crippen molar-refractivity contribution < 1.29 is 9.90 Å². The fraction of sp³-hybridized carbons (Fsp3) is 0.391. The van der Waals surface area contributed by atoms with Crippen LogP contribution in [0.5, 0.6) is 0 Å². The van der Waals surface area contributed by atoms with Gasteiger partial charge in [-0.05, 0) is 68.5 Å². The molecule has 0 spiro atoms. The zero-order valence-corrected chi connectivity index (χ0v) is 18.1. The quantitative estimate of drug-likeness (QED) is 0.605. The van der Waals surface area contributed by atoms with E-state index in [2.05, 4.69) is 26.9 Å². The van der Waals surface area contributed by atoms with Crippen LogP contribution in [0.1, 0.15) is 66.1 Å². The third-order valence-corrected chi connectivity index (χ3v) is 6.66. The molecule has 0 bridgehead atoms. The third kappa shape index (κ3) is 3.78. The summed E-state index contributed by atoms with van der Waals surface area (Å²) in [6.07, 6.45) is 3.14. The molecule has 1 N–H and O–H groups in total. The fourth-order valence-electron chi connectivity index (χ4n) is 4.86. The number of nitrogens with zero attached hydrogens (tertiary/aromatic N) is 5. The minimum atomic E-state index is -0.977. The summed E-state index contributed by atoms with van der Waals surface area (Å²) in [6.45, 7) is 2.52. The van der Waals surface area contributed by atoms with E-state index in [-0.39, 0.29) is 19.0 Å². The largest absolute Gasteiger partial charge is 0.465 e. The molecular formula is C23H24ClN5O2. The number of halogens is 1. The molecule has 1 amide bonds. The summed E-state index contributed by atoms with van der Waals surface area (Å²) in [5.74, 6) is 2.32. The lowest BCUT2D eigenvalue weighted by Crippen LogP contribution is -2.27. The van der Waals surface area contributed by atoms with Gasteiger partial charge in [0.05, 0.1) is 18.8 Å². The predicted molar refractivity (Wildman–Crippen MR) is 117 cm³/mol. The number of pyridine rings is 1. The highest BCUT2D eigenvalue weighted by Gasteiger charge is 2.32. The van der Waals surface area contributed by atoms with Gasteiger partial charge in [0, 0.05) is 28.2 Å². The summed E-state index contributed by atoms with van der Waals surface area (Å²) in [5.41, 5.74) is 4.02. The molecule has 2 aliphatic rings. The number of hydrogen-bond acceptors (Lipinski definition) is 4. The Labute approximate surface area is 185 Å². The smallest absolute Gasteiger partial charge is 0.408 e. The van der Waals surface area contributed by atoms with Crippen LogP contribution in [-0.4, -0.2) is 35.8 Å². The van der Waals surface area contributed by atoms with Crippen LogP contribution in [0, 0.1) is 6.92 Å². The number of aryl methyl sites for hydroxylation is 1. The van der Waals surface area contributed by atoms with E-state index in [0.717, 1.165) is 48.5 Å². The summed E-state index contributed by atoms with van der Waals surface area (Å²) in [5, 5.41) is 19.1. The number of rotatable bonds is 2.